The predicted molar refractivity (Wildman–Crippen MR) is 96.0 cm³/mol. The first-order valence-electron chi connectivity index (χ1n) is 7.66. The van der Waals surface area contributed by atoms with Crippen molar-refractivity contribution in [3.05, 3.63) is 70.5 Å². The van der Waals surface area contributed by atoms with Gasteiger partial charge in [-0.1, -0.05) is 24.3 Å². The van der Waals surface area contributed by atoms with Crippen molar-refractivity contribution in [2.75, 3.05) is 0 Å². The number of rotatable bonds is 3. The minimum atomic E-state index is -0.282. The largest absolute Gasteiger partial charge is 0.357 e. The number of carbonyl (C=O) groups excluding carboxylic acids is 1. The quantitative estimate of drug-likeness (QED) is 0.556. The van der Waals surface area contributed by atoms with Crippen LogP contribution in [0.25, 0.3) is 21.0 Å². The summed E-state index contributed by atoms with van der Waals surface area (Å²) in [5.74, 6) is -0.456. The summed E-state index contributed by atoms with van der Waals surface area (Å²) in [6, 6.07) is 14.9. The first-order chi connectivity index (χ1) is 11.6. The molecule has 0 bridgehead atoms. The van der Waals surface area contributed by atoms with Crippen LogP contribution in [-0.2, 0) is 6.54 Å². The molecule has 0 atom stereocenters. The molecule has 0 fully saturated rings. The number of H-pyrrole nitrogens is 1. The number of halogens is 1. The highest BCUT2D eigenvalue weighted by Crippen LogP contribution is 2.32. The van der Waals surface area contributed by atoms with Crippen LogP contribution in [0, 0.1) is 12.7 Å². The van der Waals surface area contributed by atoms with E-state index >= 15 is 0 Å². The zero-order valence-corrected chi connectivity index (χ0v) is 13.8. The van der Waals surface area contributed by atoms with Crippen molar-refractivity contribution in [2.24, 2.45) is 0 Å². The van der Waals surface area contributed by atoms with Gasteiger partial charge in [0.1, 0.15) is 5.82 Å². The van der Waals surface area contributed by atoms with E-state index in [1.807, 2.05) is 36.4 Å². The van der Waals surface area contributed by atoms with Crippen molar-refractivity contribution >= 4 is 38.2 Å². The van der Waals surface area contributed by atoms with E-state index in [4.69, 9.17) is 0 Å². The molecule has 4 aromatic rings. The third-order valence-electron chi connectivity index (χ3n) is 4.13. The summed E-state index contributed by atoms with van der Waals surface area (Å²) in [6.45, 7) is 2.20. The third-order valence-corrected chi connectivity index (χ3v) is 5.39. The maximum atomic E-state index is 14.0. The molecule has 0 aliphatic rings. The van der Waals surface area contributed by atoms with Crippen LogP contribution in [-0.4, -0.2) is 10.9 Å². The number of aromatic amines is 1. The molecule has 0 unspecified atom stereocenters. The van der Waals surface area contributed by atoms with E-state index in [1.54, 1.807) is 13.0 Å². The minimum absolute atomic E-state index is 0.174. The molecule has 4 rings (SSSR count). The van der Waals surface area contributed by atoms with Gasteiger partial charge in [-0.15, -0.1) is 11.3 Å². The van der Waals surface area contributed by atoms with Gasteiger partial charge < -0.3 is 10.3 Å². The Morgan fingerprint density at radius 2 is 2.04 bits per heavy atom. The molecular formula is C19H15FN2OS. The maximum absolute atomic E-state index is 14.0. The lowest BCUT2D eigenvalue weighted by molar-refractivity contribution is 0.0954. The van der Waals surface area contributed by atoms with E-state index in [-0.39, 0.29) is 11.7 Å². The van der Waals surface area contributed by atoms with Crippen LogP contribution in [0.5, 0.6) is 0 Å². The SMILES string of the molecule is Cc1c(C(=O)NCc2cc3ccccc3[nH]2)sc2cccc(F)c12. The van der Waals surface area contributed by atoms with Crippen molar-refractivity contribution in [2.45, 2.75) is 13.5 Å². The molecule has 1 amide bonds. The number of carbonyl (C=O) groups is 1. The van der Waals surface area contributed by atoms with E-state index in [9.17, 15) is 9.18 Å². The molecule has 5 heteroatoms. The lowest BCUT2D eigenvalue weighted by Crippen LogP contribution is -2.22. The number of hydrogen-bond acceptors (Lipinski definition) is 2. The van der Waals surface area contributed by atoms with E-state index < -0.39 is 0 Å². The van der Waals surface area contributed by atoms with Crippen molar-refractivity contribution in [3.8, 4) is 0 Å². The Balaban J connectivity index is 1.58. The van der Waals surface area contributed by atoms with Gasteiger partial charge >= 0.3 is 0 Å². The second-order valence-corrected chi connectivity index (χ2v) is 6.79. The molecule has 2 aromatic carbocycles. The van der Waals surface area contributed by atoms with Crippen LogP contribution >= 0.6 is 11.3 Å². The molecule has 3 nitrogen and oxygen atoms in total. The van der Waals surface area contributed by atoms with Crippen molar-refractivity contribution < 1.29 is 9.18 Å². The Bertz CT molecular complexity index is 1030. The highest BCUT2D eigenvalue weighted by molar-refractivity contribution is 7.21. The average molecular weight is 338 g/mol. The Kier molecular flexibility index (Phi) is 3.58. The fourth-order valence-corrected chi connectivity index (χ4v) is 4.09. The second-order valence-electron chi connectivity index (χ2n) is 5.73. The number of thiophene rings is 1. The highest BCUT2D eigenvalue weighted by atomic mass is 32.1. The lowest BCUT2D eigenvalue weighted by Gasteiger charge is -2.03. The number of nitrogens with one attached hydrogen (secondary N) is 2. The molecule has 2 heterocycles. The molecule has 0 aliphatic heterocycles. The van der Waals surface area contributed by atoms with Gasteiger partial charge in [-0.2, -0.15) is 0 Å². The second kappa shape index (κ2) is 5.76. The molecule has 0 radical (unpaired) electrons. The van der Waals surface area contributed by atoms with Gasteiger partial charge in [-0.3, -0.25) is 4.79 Å². The first-order valence-corrected chi connectivity index (χ1v) is 8.47. The number of aryl methyl sites for hydroxylation is 1. The van der Waals surface area contributed by atoms with Crippen molar-refractivity contribution in [1.29, 1.82) is 0 Å². The summed E-state index contributed by atoms with van der Waals surface area (Å²) in [6.07, 6.45) is 0. The normalized spacial score (nSPS) is 11.2. The van der Waals surface area contributed by atoms with Gasteiger partial charge in [0, 0.05) is 21.3 Å². The molecule has 0 saturated carbocycles. The maximum Gasteiger partial charge on any atom is 0.261 e. The van der Waals surface area contributed by atoms with E-state index in [0.29, 0.717) is 22.4 Å². The fraction of sp³-hybridized carbons (Fsp3) is 0.105. The van der Waals surface area contributed by atoms with Gasteiger partial charge in [0.2, 0.25) is 0 Å². The predicted octanol–water partition coefficient (Wildman–Crippen LogP) is 4.76. The summed E-state index contributed by atoms with van der Waals surface area (Å²) in [5.41, 5.74) is 2.68. The highest BCUT2D eigenvalue weighted by Gasteiger charge is 2.17. The number of aromatic nitrogens is 1. The smallest absolute Gasteiger partial charge is 0.261 e. The third kappa shape index (κ3) is 2.47. The fourth-order valence-electron chi connectivity index (χ4n) is 2.95. The standard InChI is InChI=1S/C19H15FN2OS/c1-11-17-14(20)6-4-8-16(17)24-18(11)19(23)21-10-13-9-12-5-2-3-7-15(12)22-13/h2-9,22H,10H2,1H3,(H,21,23). The molecule has 2 N–H and O–H groups in total. The van der Waals surface area contributed by atoms with Crippen LogP contribution in [0.3, 0.4) is 0 Å². The monoisotopic (exact) mass is 338 g/mol. The molecule has 0 spiro atoms. The first kappa shape index (κ1) is 14.9. The Morgan fingerprint density at radius 3 is 2.83 bits per heavy atom. The molecule has 120 valence electrons. The zero-order chi connectivity index (χ0) is 16.7. The van der Waals surface area contributed by atoms with Crippen molar-refractivity contribution in [1.82, 2.24) is 10.3 Å². The molecule has 0 saturated heterocycles. The van der Waals surface area contributed by atoms with Gasteiger partial charge in [0.15, 0.2) is 0 Å². The molecule has 0 aliphatic carbocycles. The molecule has 24 heavy (non-hydrogen) atoms. The Hall–Kier alpha value is -2.66. The summed E-state index contributed by atoms with van der Waals surface area (Å²) < 4.78 is 14.8. The van der Waals surface area contributed by atoms with Crippen LogP contribution in [0.15, 0.2) is 48.5 Å². The van der Waals surface area contributed by atoms with E-state index in [1.165, 1.54) is 17.4 Å². The van der Waals surface area contributed by atoms with Crippen LogP contribution < -0.4 is 5.32 Å². The number of hydrogen-bond donors (Lipinski definition) is 2. The van der Waals surface area contributed by atoms with Crippen molar-refractivity contribution in [3.63, 3.8) is 0 Å². The number of amides is 1. The molecule has 2 aromatic heterocycles. The zero-order valence-electron chi connectivity index (χ0n) is 13.0. The number of fused-ring (bicyclic) bond motifs is 2. The van der Waals surface area contributed by atoms with Crippen LogP contribution in [0.4, 0.5) is 4.39 Å². The van der Waals surface area contributed by atoms with Crippen LogP contribution in [0.1, 0.15) is 20.9 Å². The van der Waals surface area contributed by atoms with E-state index in [0.717, 1.165) is 21.3 Å². The summed E-state index contributed by atoms with van der Waals surface area (Å²) in [5, 5.41) is 4.57. The summed E-state index contributed by atoms with van der Waals surface area (Å²) in [7, 11) is 0. The molecular weight excluding hydrogens is 323 g/mol. The topological polar surface area (TPSA) is 44.9 Å². The number of para-hydroxylation sites is 1. The lowest BCUT2D eigenvalue weighted by atomic mass is 10.1. The van der Waals surface area contributed by atoms with Gasteiger partial charge in [-0.25, -0.2) is 4.39 Å². The van der Waals surface area contributed by atoms with E-state index in [2.05, 4.69) is 10.3 Å². The van der Waals surface area contributed by atoms with Crippen LogP contribution in [0.2, 0.25) is 0 Å². The summed E-state index contributed by atoms with van der Waals surface area (Å²) >= 11 is 1.32. The number of benzene rings is 2. The summed E-state index contributed by atoms with van der Waals surface area (Å²) in [4.78, 5) is 16.3. The Labute approximate surface area is 142 Å². The average Bonchev–Trinajstić information content (AvgIpc) is 3.14. The Morgan fingerprint density at radius 1 is 1.21 bits per heavy atom. The van der Waals surface area contributed by atoms with Gasteiger partial charge in [-0.05, 0) is 42.1 Å². The van der Waals surface area contributed by atoms with Gasteiger partial charge in [0.25, 0.3) is 5.91 Å². The van der Waals surface area contributed by atoms with Gasteiger partial charge in [0.05, 0.1) is 11.4 Å². The minimum Gasteiger partial charge on any atom is -0.357 e.